The van der Waals surface area contributed by atoms with Crippen LogP contribution in [0.1, 0.15) is 24.5 Å². The lowest BCUT2D eigenvalue weighted by Crippen LogP contribution is -2.36. The molecule has 2 amide bonds. The third-order valence-corrected chi connectivity index (χ3v) is 4.04. The van der Waals surface area contributed by atoms with Crippen molar-refractivity contribution < 1.29 is 9.59 Å². The van der Waals surface area contributed by atoms with Gasteiger partial charge in [-0.05, 0) is 42.2 Å². The van der Waals surface area contributed by atoms with Crippen molar-refractivity contribution >= 4 is 23.2 Å². The van der Waals surface area contributed by atoms with E-state index in [2.05, 4.69) is 11.4 Å². The van der Waals surface area contributed by atoms with E-state index in [9.17, 15) is 9.59 Å². The second-order valence-corrected chi connectivity index (χ2v) is 5.83. The van der Waals surface area contributed by atoms with Gasteiger partial charge in [0.2, 0.25) is 11.8 Å². The fourth-order valence-electron chi connectivity index (χ4n) is 2.97. The van der Waals surface area contributed by atoms with Crippen LogP contribution >= 0.6 is 0 Å². The van der Waals surface area contributed by atoms with Crippen molar-refractivity contribution in [3.8, 4) is 0 Å². The SMILES string of the molecule is CC(=O)Nc1ccc(CC(=O)N2CCCc3ccccc32)cc1. The Kier molecular flexibility index (Phi) is 4.42. The molecule has 0 bridgehead atoms. The summed E-state index contributed by atoms with van der Waals surface area (Å²) in [7, 11) is 0. The van der Waals surface area contributed by atoms with Gasteiger partial charge in [-0.1, -0.05) is 30.3 Å². The maximum absolute atomic E-state index is 12.6. The van der Waals surface area contributed by atoms with Crippen LogP contribution in [0, 0.1) is 0 Å². The Bertz CT molecular complexity index is 722. The summed E-state index contributed by atoms with van der Waals surface area (Å²) in [6, 6.07) is 15.5. The highest BCUT2D eigenvalue weighted by Gasteiger charge is 2.21. The third kappa shape index (κ3) is 3.59. The summed E-state index contributed by atoms with van der Waals surface area (Å²) >= 11 is 0. The highest BCUT2D eigenvalue weighted by molar-refractivity contribution is 5.96. The van der Waals surface area contributed by atoms with Crippen LogP contribution < -0.4 is 10.2 Å². The van der Waals surface area contributed by atoms with Gasteiger partial charge in [0.15, 0.2) is 0 Å². The molecule has 0 fully saturated rings. The Morgan fingerprint density at radius 3 is 2.57 bits per heavy atom. The number of carbonyl (C=O) groups excluding carboxylic acids is 2. The van der Waals surface area contributed by atoms with Crippen LogP contribution in [0.25, 0.3) is 0 Å². The molecule has 0 atom stereocenters. The van der Waals surface area contributed by atoms with Crippen molar-refractivity contribution in [2.45, 2.75) is 26.2 Å². The number of anilines is 2. The summed E-state index contributed by atoms with van der Waals surface area (Å²) in [6.07, 6.45) is 2.41. The zero-order chi connectivity index (χ0) is 16.2. The molecule has 1 N–H and O–H groups in total. The quantitative estimate of drug-likeness (QED) is 0.947. The zero-order valence-electron chi connectivity index (χ0n) is 13.2. The molecule has 0 saturated carbocycles. The second-order valence-electron chi connectivity index (χ2n) is 5.83. The average molecular weight is 308 g/mol. The molecule has 4 nitrogen and oxygen atoms in total. The molecule has 3 rings (SSSR count). The number of fused-ring (bicyclic) bond motifs is 1. The molecule has 0 saturated heterocycles. The van der Waals surface area contributed by atoms with Gasteiger partial charge in [0.25, 0.3) is 0 Å². The van der Waals surface area contributed by atoms with Gasteiger partial charge >= 0.3 is 0 Å². The van der Waals surface area contributed by atoms with E-state index in [1.54, 1.807) is 0 Å². The van der Waals surface area contributed by atoms with E-state index in [0.717, 1.165) is 36.3 Å². The maximum Gasteiger partial charge on any atom is 0.231 e. The van der Waals surface area contributed by atoms with Gasteiger partial charge in [-0.2, -0.15) is 0 Å². The summed E-state index contributed by atoms with van der Waals surface area (Å²) in [5.74, 6) is 0.0168. The summed E-state index contributed by atoms with van der Waals surface area (Å²) in [6.45, 7) is 2.26. The predicted octanol–water partition coefficient (Wildman–Crippen LogP) is 3.17. The van der Waals surface area contributed by atoms with E-state index in [0.29, 0.717) is 6.42 Å². The number of hydrogen-bond donors (Lipinski definition) is 1. The van der Waals surface area contributed by atoms with Crippen LogP contribution in [0.15, 0.2) is 48.5 Å². The number of nitrogens with one attached hydrogen (secondary N) is 1. The molecule has 1 aliphatic rings. The molecule has 23 heavy (non-hydrogen) atoms. The minimum absolute atomic E-state index is 0.0984. The molecule has 4 heteroatoms. The van der Waals surface area contributed by atoms with E-state index in [-0.39, 0.29) is 11.8 Å². The summed E-state index contributed by atoms with van der Waals surface area (Å²) in [4.78, 5) is 25.6. The van der Waals surface area contributed by atoms with Crippen LogP contribution in [-0.2, 0) is 22.4 Å². The molecule has 1 heterocycles. The maximum atomic E-state index is 12.6. The second kappa shape index (κ2) is 6.65. The fourth-order valence-corrected chi connectivity index (χ4v) is 2.97. The van der Waals surface area contributed by atoms with Gasteiger partial charge in [-0.3, -0.25) is 9.59 Å². The number of amides is 2. The Morgan fingerprint density at radius 2 is 1.83 bits per heavy atom. The highest BCUT2D eigenvalue weighted by atomic mass is 16.2. The molecule has 0 unspecified atom stereocenters. The predicted molar refractivity (Wildman–Crippen MR) is 91.6 cm³/mol. The lowest BCUT2D eigenvalue weighted by atomic mass is 10.0. The number of aryl methyl sites for hydroxylation is 1. The van der Waals surface area contributed by atoms with Crippen molar-refractivity contribution in [2.75, 3.05) is 16.8 Å². The van der Waals surface area contributed by atoms with E-state index < -0.39 is 0 Å². The summed E-state index contributed by atoms with van der Waals surface area (Å²) < 4.78 is 0. The number of benzene rings is 2. The van der Waals surface area contributed by atoms with Gasteiger partial charge in [-0.15, -0.1) is 0 Å². The number of rotatable bonds is 3. The van der Waals surface area contributed by atoms with Gasteiger partial charge in [0, 0.05) is 24.8 Å². The first-order valence-electron chi connectivity index (χ1n) is 7.88. The first-order chi connectivity index (χ1) is 11.1. The number of nitrogens with zero attached hydrogens (tertiary/aromatic N) is 1. The van der Waals surface area contributed by atoms with Crippen molar-refractivity contribution in [1.29, 1.82) is 0 Å². The van der Waals surface area contributed by atoms with Crippen LogP contribution in [0.3, 0.4) is 0 Å². The lowest BCUT2D eigenvalue weighted by molar-refractivity contribution is -0.118. The van der Waals surface area contributed by atoms with Crippen LogP contribution in [0.4, 0.5) is 11.4 Å². The molecule has 2 aromatic carbocycles. The topological polar surface area (TPSA) is 49.4 Å². The van der Waals surface area contributed by atoms with Crippen molar-refractivity contribution in [3.05, 3.63) is 59.7 Å². The van der Waals surface area contributed by atoms with E-state index in [1.807, 2.05) is 47.4 Å². The Labute approximate surface area is 136 Å². The molecule has 1 aliphatic heterocycles. The average Bonchev–Trinajstić information content (AvgIpc) is 2.55. The molecule has 0 radical (unpaired) electrons. The van der Waals surface area contributed by atoms with E-state index >= 15 is 0 Å². The number of para-hydroxylation sites is 1. The Balaban J connectivity index is 1.71. The molecule has 0 aliphatic carbocycles. The molecular weight excluding hydrogens is 288 g/mol. The normalized spacial score (nSPS) is 13.3. The molecule has 2 aromatic rings. The Morgan fingerprint density at radius 1 is 1.09 bits per heavy atom. The van der Waals surface area contributed by atoms with Crippen LogP contribution in [0.2, 0.25) is 0 Å². The van der Waals surface area contributed by atoms with Crippen LogP contribution in [0.5, 0.6) is 0 Å². The Hall–Kier alpha value is -2.62. The monoisotopic (exact) mass is 308 g/mol. The first-order valence-corrected chi connectivity index (χ1v) is 7.88. The number of hydrogen-bond acceptors (Lipinski definition) is 2. The molecular formula is C19H20N2O2. The minimum atomic E-state index is -0.0984. The molecule has 0 spiro atoms. The van der Waals surface area contributed by atoms with Crippen molar-refractivity contribution in [3.63, 3.8) is 0 Å². The van der Waals surface area contributed by atoms with Crippen molar-refractivity contribution in [2.24, 2.45) is 0 Å². The fraction of sp³-hybridized carbons (Fsp3) is 0.263. The van der Waals surface area contributed by atoms with Crippen molar-refractivity contribution in [1.82, 2.24) is 0 Å². The van der Waals surface area contributed by atoms with E-state index in [1.165, 1.54) is 12.5 Å². The van der Waals surface area contributed by atoms with E-state index in [4.69, 9.17) is 0 Å². The molecule has 0 aromatic heterocycles. The standard InChI is InChI=1S/C19H20N2O2/c1-14(22)20-17-10-8-15(9-11-17)13-19(23)21-12-4-6-16-5-2-3-7-18(16)21/h2-3,5,7-11H,4,6,12-13H2,1H3,(H,20,22). The summed E-state index contributed by atoms with van der Waals surface area (Å²) in [5.41, 5.74) is 3.98. The number of carbonyl (C=O) groups is 2. The molecule has 118 valence electrons. The first kappa shape index (κ1) is 15.3. The highest BCUT2D eigenvalue weighted by Crippen LogP contribution is 2.27. The largest absolute Gasteiger partial charge is 0.326 e. The lowest BCUT2D eigenvalue weighted by Gasteiger charge is -2.29. The smallest absolute Gasteiger partial charge is 0.231 e. The minimum Gasteiger partial charge on any atom is -0.326 e. The summed E-state index contributed by atoms with van der Waals surface area (Å²) in [5, 5.41) is 2.73. The third-order valence-electron chi connectivity index (χ3n) is 4.04. The van der Waals surface area contributed by atoms with Gasteiger partial charge < -0.3 is 10.2 Å². The van der Waals surface area contributed by atoms with Crippen LogP contribution in [-0.4, -0.2) is 18.4 Å². The zero-order valence-corrected chi connectivity index (χ0v) is 13.2. The van der Waals surface area contributed by atoms with Gasteiger partial charge in [-0.25, -0.2) is 0 Å². The van der Waals surface area contributed by atoms with Gasteiger partial charge in [0.1, 0.15) is 0 Å². The van der Waals surface area contributed by atoms with Gasteiger partial charge in [0.05, 0.1) is 6.42 Å².